The molecule has 3 atom stereocenters. The molecule has 3 aliphatic rings. The predicted molar refractivity (Wildman–Crippen MR) is 175 cm³/mol. The molecular formula is C37H44FNO7S. The highest BCUT2D eigenvalue weighted by Crippen LogP contribution is 2.51. The second-order valence-corrected chi connectivity index (χ2v) is 15.6. The number of carbonyl (C=O) groups is 1. The van der Waals surface area contributed by atoms with Crippen molar-refractivity contribution in [2.45, 2.75) is 87.9 Å². The zero-order valence-electron chi connectivity index (χ0n) is 27.1. The van der Waals surface area contributed by atoms with Gasteiger partial charge in [0.25, 0.3) is 0 Å². The zero-order valence-corrected chi connectivity index (χ0v) is 27.9. The molecule has 0 radical (unpaired) electrons. The number of sulfonamides is 1. The van der Waals surface area contributed by atoms with Gasteiger partial charge in [0.2, 0.25) is 10.0 Å². The van der Waals surface area contributed by atoms with Crippen molar-refractivity contribution in [2.75, 3.05) is 19.7 Å². The lowest BCUT2D eigenvalue weighted by molar-refractivity contribution is -0.152. The van der Waals surface area contributed by atoms with Crippen molar-refractivity contribution in [1.29, 1.82) is 0 Å². The van der Waals surface area contributed by atoms with E-state index in [1.807, 2.05) is 24.3 Å². The lowest BCUT2D eigenvalue weighted by atomic mass is 9.75. The number of rotatable bonds is 11. The van der Waals surface area contributed by atoms with Crippen LogP contribution in [0.1, 0.15) is 76.0 Å². The quantitative estimate of drug-likeness (QED) is 0.217. The SMILES string of the molecule is CC1(C)Oc2cc(OCCCC3(C(=O)O)CCN(S(=O)(=O)c4ccc(F)cc4)CC3)ccc2[C@@H]2O[C@H](CCc3ccccc3)CC[C@H]21. The molecule has 0 spiro atoms. The summed E-state index contributed by atoms with van der Waals surface area (Å²) in [5.41, 5.74) is 0.930. The summed E-state index contributed by atoms with van der Waals surface area (Å²) in [6, 6.07) is 21.1. The Morgan fingerprint density at radius 3 is 2.45 bits per heavy atom. The van der Waals surface area contributed by atoms with Gasteiger partial charge in [-0.15, -0.1) is 0 Å². The summed E-state index contributed by atoms with van der Waals surface area (Å²) in [5, 5.41) is 10.1. The molecule has 252 valence electrons. The van der Waals surface area contributed by atoms with Gasteiger partial charge in [-0.05, 0) is 107 Å². The Morgan fingerprint density at radius 1 is 1.02 bits per heavy atom. The molecule has 2 fully saturated rings. The van der Waals surface area contributed by atoms with Crippen molar-refractivity contribution < 1.29 is 36.9 Å². The van der Waals surface area contributed by atoms with Crippen molar-refractivity contribution in [2.24, 2.45) is 11.3 Å². The molecule has 0 bridgehead atoms. The number of hydrogen-bond acceptors (Lipinski definition) is 6. The van der Waals surface area contributed by atoms with Crippen LogP contribution in [-0.4, -0.2) is 55.2 Å². The van der Waals surface area contributed by atoms with E-state index in [0.29, 0.717) is 25.2 Å². The number of aryl methyl sites for hydroxylation is 1. The second-order valence-electron chi connectivity index (χ2n) is 13.7. The highest BCUT2D eigenvalue weighted by atomic mass is 32.2. The minimum absolute atomic E-state index is 0.000915. The fraction of sp³-hybridized carbons (Fsp3) is 0.486. The molecule has 0 saturated carbocycles. The molecule has 0 unspecified atom stereocenters. The first-order valence-corrected chi connectivity index (χ1v) is 18.1. The van der Waals surface area contributed by atoms with Crippen LogP contribution in [0.3, 0.4) is 0 Å². The maximum Gasteiger partial charge on any atom is 0.309 e. The number of piperidine rings is 1. The Labute approximate surface area is 276 Å². The smallest absolute Gasteiger partial charge is 0.309 e. The third-order valence-corrected chi connectivity index (χ3v) is 12.2. The van der Waals surface area contributed by atoms with Crippen molar-refractivity contribution in [1.82, 2.24) is 4.31 Å². The number of benzene rings is 3. The van der Waals surface area contributed by atoms with E-state index in [4.69, 9.17) is 14.2 Å². The average molecular weight is 666 g/mol. The number of fused-ring (bicyclic) bond motifs is 3. The molecule has 8 nitrogen and oxygen atoms in total. The molecule has 3 aromatic rings. The zero-order chi connectivity index (χ0) is 33.2. The molecule has 2 saturated heterocycles. The van der Waals surface area contributed by atoms with Gasteiger partial charge in [0.15, 0.2) is 0 Å². The summed E-state index contributed by atoms with van der Waals surface area (Å²) >= 11 is 0. The van der Waals surface area contributed by atoms with Gasteiger partial charge < -0.3 is 19.3 Å². The standard InChI is InChI=1S/C37H44FNO7S/c1-36(2)32-18-14-28(12-9-26-7-4-3-5-8-26)45-34(32)31-17-13-29(25-33(31)46-36)44-24-6-19-37(35(40)41)20-22-39(23-21-37)47(42,43)30-15-10-27(38)11-16-30/h3-5,7-8,10-11,13,15-17,25,28,32,34H,6,9,12,14,18-24H2,1-2H3,(H,40,41)/t28-,32-,34+/m1/s1. The molecule has 0 amide bonds. The molecular weight excluding hydrogens is 621 g/mol. The fourth-order valence-corrected chi connectivity index (χ4v) is 8.88. The van der Waals surface area contributed by atoms with Gasteiger partial charge >= 0.3 is 5.97 Å². The number of ether oxygens (including phenoxy) is 3. The van der Waals surface area contributed by atoms with E-state index in [9.17, 15) is 22.7 Å². The maximum atomic E-state index is 13.3. The van der Waals surface area contributed by atoms with E-state index in [2.05, 4.69) is 38.1 Å². The average Bonchev–Trinajstić information content (AvgIpc) is 3.06. The van der Waals surface area contributed by atoms with Crippen LogP contribution in [0.4, 0.5) is 4.39 Å². The summed E-state index contributed by atoms with van der Waals surface area (Å²) in [5.74, 6) is 0.216. The summed E-state index contributed by atoms with van der Waals surface area (Å²) in [6.07, 6.45) is 5.40. The third-order valence-electron chi connectivity index (χ3n) is 10.3. The Hall–Kier alpha value is -3.47. The monoisotopic (exact) mass is 665 g/mol. The maximum absolute atomic E-state index is 13.3. The van der Waals surface area contributed by atoms with Crippen LogP contribution in [0.25, 0.3) is 0 Å². The number of carboxylic acid groups (broad SMARTS) is 1. The van der Waals surface area contributed by atoms with Crippen LogP contribution >= 0.6 is 0 Å². The Kier molecular flexibility index (Phi) is 9.65. The summed E-state index contributed by atoms with van der Waals surface area (Å²) in [4.78, 5) is 12.4. The van der Waals surface area contributed by atoms with Crippen molar-refractivity contribution in [3.05, 3.63) is 89.7 Å². The number of hydrogen-bond donors (Lipinski definition) is 1. The van der Waals surface area contributed by atoms with E-state index in [1.54, 1.807) is 0 Å². The third kappa shape index (κ3) is 7.20. The molecule has 0 aliphatic carbocycles. The predicted octanol–water partition coefficient (Wildman–Crippen LogP) is 7.18. The highest BCUT2D eigenvalue weighted by Gasteiger charge is 2.48. The van der Waals surface area contributed by atoms with Gasteiger partial charge in [-0.2, -0.15) is 4.31 Å². The Bertz CT molecular complexity index is 1650. The first-order chi connectivity index (χ1) is 22.5. The summed E-state index contributed by atoms with van der Waals surface area (Å²) in [6.45, 7) is 4.73. The summed E-state index contributed by atoms with van der Waals surface area (Å²) in [7, 11) is -3.83. The number of halogens is 1. The second kappa shape index (κ2) is 13.6. The first kappa shape index (κ1) is 33.4. The van der Waals surface area contributed by atoms with E-state index >= 15 is 0 Å². The lowest BCUT2D eigenvalue weighted by Crippen LogP contribution is -2.48. The van der Waals surface area contributed by atoms with Crippen molar-refractivity contribution in [3.8, 4) is 11.5 Å². The minimum atomic E-state index is -3.83. The van der Waals surface area contributed by atoms with Gasteiger partial charge in [0.1, 0.15) is 22.9 Å². The first-order valence-electron chi connectivity index (χ1n) is 16.6. The molecule has 10 heteroatoms. The lowest BCUT2D eigenvalue weighted by Gasteiger charge is -2.48. The Morgan fingerprint density at radius 2 is 1.74 bits per heavy atom. The number of nitrogens with zero attached hydrogens (tertiary/aromatic N) is 1. The number of carboxylic acids is 1. The van der Waals surface area contributed by atoms with Gasteiger partial charge in [-0.1, -0.05) is 30.3 Å². The highest BCUT2D eigenvalue weighted by molar-refractivity contribution is 7.89. The normalized spacial score (nSPS) is 23.6. The summed E-state index contributed by atoms with van der Waals surface area (Å²) < 4.78 is 60.0. The molecule has 1 N–H and O–H groups in total. The van der Waals surface area contributed by atoms with Crippen molar-refractivity contribution in [3.63, 3.8) is 0 Å². The minimum Gasteiger partial charge on any atom is -0.493 e. The molecule has 3 heterocycles. The van der Waals surface area contributed by atoms with Gasteiger partial charge in [0, 0.05) is 30.6 Å². The molecule has 0 aromatic heterocycles. The number of aliphatic carboxylic acids is 1. The largest absolute Gasteiger partial charge is 0.493 e. The Balaban J connectivity index is 1.04. The van der Waals surface area contributed by atoms with Gasteiger partial charge in [-0.3, -0.25) is 4.79 Å². The van der Waals surface area contributed by atoms with Gasteiger partial charge in [-0.25, -0.2) is 12.8 Å². The van der Waals surface area contributed by atoms with Crippen molar-refractivity contribution >= 4 is 16.0 Å². The molecule has 47 heavy (non-hydrogen) atoms. The van der Waals surface area contributed by atoms with Crippen LogP contribution in [0.15, 0.2) is 77.7 Å². The van der Waals surface area contributed by atoms with Gasteiger partial charge in [0.05, 0.1) is 29.1 Å². The van der Waals surface area contributed by atoms with E-state index in [0.717, 1.165) is 49.1 Å². The molecule has 3 aromatic carbocycles. The van der Waals surface area contributed by atoms with Crippen LogP contribution in [0, 0.1) is 17.2 Å². The van der Waals surface area contributed by atoms with E-state index < -0.39 is 32.8 Å². The topological polar surface area (TPSA) is 102 Å². The van der Waals surface area contributed by atoms with E-state index in [1.165, 1.54) is 22.0 Å². The van der Waals surface area contributed by atoms with Crippen LogP contribution in [0.5, 0.6) is 11.5 Å². The molecule has 6 rings (SSSR count). The fourth-order valence-electron chi connectivity index (χ4n) is 7.44. The van der Waals surface area contributed by atoms with E-state index in [-0.39, 0.29) is 49.0 Å². The van der Waals surface area contributed by atoms with Crippen LogP contribution in [-0.2, 0) is 26.0 Å². The van der Waals surface area contributed by atoms with Crippen LogP contribution in [0.2, 0.25) is 0 Å². The molecule has 3 aliphatic heterocycles. The van der Waals surface area contributed by atoms with Crippen LogP contribution < -0.4 is 9.47 Å².